The first-order valence-electron chi connectivity index (χ1n) is 7.44. The van der Waals surface area contributed by atoms with Crippen molar-refractivity contribution in [3.63, 3.8) is 0 Å². The second-order valence-corrected chi connectivity index (χ2v) is 6.33. The molecular formula is C16H25N3. The Balaban J connectivity index is 1.71. The molecule has 1 aromatic carbocycles. The summed E-state index contributed by atoms with van der Waals surface area (Å²) >= 11 is 0. The van der Waals surface area contributed by atoms with Gasteiger partial charge in [0.15, 0.2) is 0 Å². The highest BCUT2D eigenvalue weighted by Gasteiger charge is 2.32. The molecule has 2 aliphatic rings. The van der Waals surface area contributed by atoms with Crippen LogP contribution in [0.4, 0.5) is 0 Å². The average Bonchev–Trinajstić information content (AvgIpc) is 2.71. The quantitative estimate of drug-likeness (QED) is 0.854. The molecular weight excluding hydrogens is 234 g/mol. The predicted molar refractivity (Wildman–Crippen MR) is 78.9 cm³/mol. The Morgan fingerprint density at radius 3 is 2.74 bits per heavy atom. The van der Waals surface area contributed by atoms with Crippen LogP contribution in [0.15, 0.2) is 24.3 Å². The first kappa shape index (κ1) is 13.1. The van der Waals surface area contributed by atoms with Crippen LogP contribution in [-0.2, 0) is 0 Å². The molecule has 104 valence electrons. The van der Waals surface area contributed by atoms with Gasteiger partial charge in [0, 0.05) is 24.7 Å². The molecule has 1 aliphatic carbocycles. The fourth-order valence-electron chi connectivity index (χ4n) is 3.69. The van der Waals surface area contributed by atoms with Gasteiger partial charge in [-0.3, -0.25) is 0 Å². The van der Waals surface area contributed by atoms with E-state index in [0.717, 1.165) is 6.42 Å². The van der Waals surface area contributed by atoms with E-state index in [-0.39, 0.29) is 6.04 Å². The van der Waals surface area contributed by atoms with Gasteiger partial charge in [0.1, 0.15) is 0 Å². The number of piperidine rings is 1. The summed E-state index contributed by atoms with van der Waals surface area (Å²) in [5.74, 6) is 0.711. The van der Waals surface area contributed by atoms with E-state index in [1.807, 2.05) is 0 Å². The molecule has 3 nitrogen and oxygen atoms in total. The Hall–Kier alpha value is -0.900. The van der Waals surface area contributed by atoms with E-state index in [2.05, 4.69) is 48.5 Å². The second-order valence-electron chi connectivity index (χ2n) is 6.33. The average molecular weight is 259 g/mol. The molecule has 3 heteroatoms. The molecule has 0 saturated carbocycles. The van der Waals surface area contributed by atoms with E-state index in [1.165, 1.54) is 30.6 Å². The monoisotopic (exact) mass is 259 g/mol. The maximum Gasteiger partial charge on any atom is 0.0344 e. The van der Waals surface area contributed by atoms with Gasteiger partial charge >= 0.3 is 0 Å². The molecule has 1 aromatic rings. The summed E-state index contributed by atoms with van der Waals surface area (Å²) in [6.07, 6.45) is 2.28. The number of hydrogen-bond acceptors (Lipinski definition) is 3. The Morgan fingerprint density at radius 2 is 2.00 bits per heavy atom. The van der Waals surface area contributed by atoms with Crippen molar-refractivity contribution in [2.75, 3.05) is 20.1 Å². The summed E-state index contributed by atoms with van der Waals surface area (Å²) < 4.78 is 0. The first-order valence-corrected chi connectivity index (χ1v) is 7.44. The lowest BCUT2D eigenvalue weighted by atomic mass is 9.93. The Bertz CT molecular complexity index is 445. The summed E-state index contributed by atoms with van der Waals surface area (Å²) in [4.78, 5) is 2.43. The van der Waals surface area contributed by atoms with Crippen molar-refractivity contribution in [3.8, 4) is 0 Å². The van der Waals surface area contributed by atoms with Crippen LogP contribution < -0.4 is 11.1 Å². The molecule has 1 saturated heterocycles. The van der Waals surface area contributed by atoms with Crippen LogP contribution in [0.3, 0.4) is 0 Å². The standard InChI is InChI=1S/C16H25N3/c1-11-10-19(2)8-7-15(11)18-16-9-14(17)12-5-3-4-6-13(12)16/h3-6,11,14-16,18H,7-10,17H2,1-2H3. The lowest BCUT2D eigenvalue weighted by Gasteiger charge is -2.37. The van der Waals surface area contributed by atoms with Crippen LogP contribution >= 0.6 is 0 Å². The van der Waals surface area contributed by atoms with Gasteiger partial charge in [0.25, 0.3) is 0 Å². The highest BCUT2D eigenvalue weighted by atomic mass is 15.1. The molecule has 1 heterocycles. The third-order valence-electron chi connectivity index (χ3n) is 4.78. The van der Waals surface area contributed by atoms with Crippen LogP contribution in [0.1, 0.15) is 43.0 Å². The van der Waals surface area contributed by atoms with Gasteiger partial charge in [-0.05, 0) is 43.5 Å². The van der Waals surface area contributed by atoms with Crippen molar-refractivity contribution in [1.82, 2.24) is 10.2 Å². The molecule has 0 amide bonds. The maximum atomic E-state index is 6.25. The highest BCUT2D eigenvalue weighted by molar-refractivity contribution is 5.37. The zero-order valence-electron chi connectivity index (χ0n) is 12.0. The minimum Gasteiger partial charge on any atom is -0.324 e. The molecule has 0 aromatic heterocycles. The van der Waals surface area contributed by atoms with Gasteiger partial charge in [-0.2, -0.15) is 0 Å². The summed E-state index contributed by atoms with van der Waals surface area (Å²) in [5.41, 5.74) is 9.00. The van der Waals surface area contributed by atoms with Crippen molar-refractivity contribution in [2.45, 2.75) is 37.9 Å². The smallest absolute Gasteiger partial charge is 0.0344 e. The minimum atomic E-state index is 0.204. The molecule has 4 atom stereocenters. The van der Waals surface area contributed by atoms with Gasteiger partial charge in [-0.15, -0.1) is 0 Å². The van der Waals surface area contributed by atoms with Gasteiger partial charge in [-0.1, -0.05) is 31.2 Å². The molecule has 3 rings (SSSR count). The largest absolute Gasteiger partial charge is 0.324 e. The lowest BCUT2D eigenvalue weighted by molar-refractivity contribution is 0.165. The van der Waals surface area contributed by atoms with Crippen LogP contribution in [0.2, 0.25) is 0 Å². The molecule has 4 unspecified atom stereocenters. The van der Waals surface area contributed by atoms with Crippen LogP contribution in [0.25, 0.3) is 0 Å². The molecule has 0 spiro atoms. The third kappa shape index (κ3) is 2.55. The van der Waals surface area contributed by atoms with Gasteiger partial charge in [0.05, 0.1) is 0 Å². The zero-order chi connectivity index (χ0) is 13.4. The van der Waals surface area contributed by atoms with E-state index in [1.54, 1.807) is 0 Å². The summed E-state index contributed by atoms with van der Waals surface area (Å²) in [6.45, 7) is 4.74. The molecule has 1 fully saturated rings. The number of nitrogens with zero attached hydrogens (tertiary/aromatic N) is 1. The van der Waals surface area contributed by atoms with Crippen molar-refractivity contribution < 1.29 is 0 Å². The van der Waals surface area contributed by atoms with Crippen LogP contribution in [0, 0.1) is 5.92 Å². The SMILES string of the molecule is CC1CN(C)CCC1NC1CC(N)c2ccccc21. The van der Waals surface area contributed by atoms with Gasteiger partial charge in [0.2, 0.25) is 0 Å². The Morgan fingerprint density at radius 1 is 1.26 bits per heavy atom. The van der Waals surface area contributed by atoms with Crippen molar-refractivity contribution >= 4 is 0 Å². The Labute approximate surface area is 116 Å². The van der Waals surface area contributed by atoms with Gasteiger partial charge < -0.3 is 16.0 Å². The van der Waals surface area contributed by atoms with E-state index in [4.69, 9.17) is 5.73 Å². The fraction of sp³-hybridized carbons (Fsp3) is 0.625. The predicted octanol–water partition coefficient (Wildman–Crippen LogP) is 2.06. The van der Waals surface area contributed by atoms with Crippen molar-refractivity contribution in [3.05, 3.63) is 35.4 Å². The molecule has 0 bridgehead atoms. The summed E-state index contributed by atoms with van der Waals surface area (Å²) in [5, 5.41) is 3.87. The van der Waals surface area contributed by atoms with Crippen molar-refractivity contribution in [2.24, 2.45) is 11.7 Å². The summed E-state index contributed by atoms with van der Waals surface area (Å²) in [7, 11) is 2.22. The minimum absolute atomic E-state index is 0.204. The number of fused-ring (bicyclic) bond motifs is 1. The second kappa shape index (κ2) is 5.23. The fourth-order valence-corrected chi connectivity index (χ4v) is 3.69. The van der Waals surface area contributed by atoms with E-state index in [0.29, 0.717) is 18.0 Å². The molecule has 3 N–H and O–H groups in total. The van der Waals surface area contributed by atoms with Crippen LogP contribution in [0.5, 0.6) is 0 Å². The number of rotatable bonds is 2. The highest BCUT2D eigenvalue weighted by Crippen LogP contribution is 2.38. The number of likely N-dealkylation sites (tertiary alicyclic amines) is 1. The van der Waals surface area contributed by atoms with Crippen molar-refractivity contribution in [1.29, 1.82) is 0 Å². The summed E-state index contributed by atoms with van der Waals surface area (Å²) in [6, 6.07) is 9.92. The number of benzene rings is 1. The van der Waals surface area contributed by atoms with Gasteiger partial charge in [-0.25, -0.2) is 0 Å². The molecule has 19 heavy (non-hydrogen) atoms. The topological polar surface area (TPSA) is 41.3 Å². The van der Waals surface area contributed by atoms with E-state index in [9.17, 15) is 0 Å². The zero-order valence-corrected chi connectivity index (χ0v) is 12.0. The maximum absolute atomic E-state index is 6.25. The molecule has 1 aliphatic heterocycles. The van der Waals surface area contributed by atoms with E-state index >= 15 is 0 Å². The van der Waals surface area contributed by atoms with Crippen LogP contribution in [-0.4, -0.2) is 31.1 Å². The Kier molecular flexibility index (Phi) is 3.61. The molecule has 0 radical (unpaired) electrons. The van der Waals surface area contributed by atoms with E-state index < -0.39 is 0 Å². The number of nitrogens with two attached hydrogens (primary N) is 1. The number of nitrogens with one attached hydrogen (secondary N) is 1. The normalized spacial score (nSPS) is 35.3. The lowest BCUT2D eigenvalue weighted by Crippen LogP contribution is -2.47. The number of hydrogen-bond donors (Lipinski definition) is 2. The third-order valence-corrected chi connectivity index (χ3v) is 4.78. The first-order chi connectivity index (χ1) is 9.15.